The fourth-order valence-corrected chi connectivity index (χ4v) is 1.70. The molecule has 0 saturated carbocycles. The van der Waals surface area contributed by atoms with Crippen LogP contribution in [0.5, 0.6) is 5.75 Å². The topological polar surface area (TPSA) is 41.6 Å². The number of carbonyl (C=O) groups excluding carboxylic acids is 1. The van der Waals surface area contributed by atoms with E-state index < -0.39 is 0 Å². The lowest BCUT2D eigenvalue weighted by molar-refractivity contribution is -0.136. The molecule has 0 spiro atoms. The molecule has 0 aliphatic carbocycles. The van der Waals surface area contributed by atoms with Crippen molar-refractivity contribution in [1.82, 2.24) is 10.2 Å². The van der Waals surface area contributed by atoms with Crippen molar-refractivity contribution in [3.63, 3.8) is 0 Å². The maximum atomic E-state index is 11.8. The molecule has 1 aliphatic heterocycles. The van der Waals surface area contributed by atoms with Crippen LogP contribution in [-0.4, -0.2) is 44.1 Å². The van der Waals surface area contributed by atoms with Gasteiger partial charge in [0.1, 0.15) is 12.4 Å². The first kappa shape index (κ1) is 11.9. The van der Waals surface area contributed by atoms with E-state index in [1.54, 1.807) is 4.90 Å². The van der Waals surface area contributed by atoms with Crippen molar-refractivity contribution in [2.75, 3.05) is 33.3 Å². The van der Waals surface area contributed by atoms with Crippen LogP contribution in [0.15, 0.2) is 30.3 Å². The summed E-state index contributed by atoms with van der Waals surface area (Å²) in [5.41, 5.74) is 0. The number of carbonyl (C=O) groups is 1. The summed E-state index contributed by atoms with van der Waals surface area (Å²) in [6.07, 6.45) is 0. The zero-order valence-corrected chi connectivity index (χ0v) is 10.1. The average molecular weight is 234 g/mol. The van der Waals surface area contributed by atoms with Crippen LogP contribution < -0.4 is 10.1 Å². The van der Waals surface area contributed by atoms with Crippen molar-refractivity contribution in [1.29, 1.82) is 0 Å². The molecule has 1 fully saturated rings. The Balaban J connectivity index is 1.69. The van der Waals surface area contributed by atoms with E-state index in [2.05, 4.69) is 5.32 Å². The fraction of sp³-hybridized carbons (Fsp3) is 0.462. The van der Waals surface area contributed by atoms with Crippen LogP contribution in [0.2, 0.25) is 0 Å². The van der Waals surface area contributed by atoms with E-state index in [-0.39, 0.29) is 11.8 Å². The van der Waals surface area contributed by atoms with Gasteiger partial charge in [-0.1, -0.05) is 18.2 Å². The summed E-state index contributed by atoms with van der Waals surface area (Å²) in [5.74, 6) is 1.22. The lowest BCUT2D eigenvalue weighted by Gasteiger charge is -2.30. The summed E-state index contributed by atoms with van der Waals surface area (Å²) in [6.45, 7) is 2.78. The van der Waals surface area contributed by atoms with Gasteiger partial charge in [-0.3, -0.25) is 4.79 Å². The largest absolute Gasteiger partial charge is 0.492 e. The molecule has 92 valence electrons. The number of nitrogens with one attached hydrogen (secondary N) is 1. The van der Waals surface area contributed by atoms with Gasteiger partial charge in [0, 0.05) is 20.1 Å². The van der Waals surface area contributed by atoms with E-state index in [9.17, 15) is 4.79 Å². The minimum atomic E-state index is 0.164. The monoisotopic (exact) mass is 234 g/mol. The summed E-state index contributed by atoms with van der Waals surface area (Å²) in [5, 5.41) is 3.10. The highest BCUT2D eigenvalue weighted by atomic mass is 16.5. The SMILES string of the molecule is CN(CCOc1ccccc1)C(=O)C1CNC1. The Hall–Kier alpha value is -1.55. The van der Waals surface area contributed by atoms with E-state index in [4.69, 9.17) is 4.74 Å². The van der Waals surface area contributed by atoms with Gasteiger partial charge < -0.3 is 15.0 Å². The third kappa shape index (κ3) is 3.20. The summed E-state index contributed by atoms with van der Waals surface area (Å²) in [6, 6.07) is 9.65. The van der Waals surface area contributed by atoms with Gasteiger partial charge in [-0.15, -0.1) is 0 Å². The van der Waals surface area contributed by atoms with Gasteiger partial charge in [-0.2, -0.15) is 0 Å². The van der Waals surface area contributed by atoms with Crippen LogP contribution in [0.4, 0.5) is 0 Å². The summed E-state index contributed by atoms with van der Waals surface area (Å²) in [4.78, 5) is 13.5. The minimum absolute atomic E-state index is 0.164. The quantitative estimate of drug-likeness (QED) is 0.817. The lowest BCUT2D eigenvalue weighted by Crippen LogP contribution is -2.51. The van der Waals surface area contributed by atoms with Crippen molar-refractivity contribution in [2.45, 2.75) is 0 Å². The minimum Gasteiger partial charge on any atom is -0.492 e. The molecule has 4 heteroatoms. The zero-order chi connectivity index (χ0) is 12.1. The van der Waals surface area contributed by atoms with Crippen LogP contribution in [-0.2, 0) is 4.79 Å². The number of rotatable bonds is 5. The summed E-state index contributed by atoms with van der Waals surface area (Å²) >= 11 is 0. The Bertz CT molecular complexity index is 363. The van der Waals surface area contributed by atoms with Gasteiger partial charge in [-0.05, 0) is 12.1 Å². The van der Waals surface area contributed by atoms with E-state index in [1.807, 2.05) is 37.4 Å². The second-order valence-electron chi connectivity index (χ2n) is 4.28. The molecule has 1 saturated heterocycles. The Morgan fingerprint density at radius 3 is 2.71 bits per heavy atom. The van der Waals surface area contributed by atoms with Gasteiger partial charge >= 0.3 is 0 Å². The number of ether oxygens (including phenoxy) is 1. The molecular weight excluding hydrogens is 216 g/mol. The third-order valence-electron chi connectivity index (χ3n) is 2.95. The predicted octanol–water partition coefficient (Wildman–Crippen LogP) is 0.743. The number of benzene rings is 1. The van der Waals surface area contributed by atoms with E-state index in [1.165, 1.54) is 0 Å². The maximum absolute atomic E-state index is 11.8. The van der Waals surface area contributed by atoms with E-state index in [0.717, 1.165) is 18.8 Å². The van der Waals surface area contributed by atoms with Crippen LogP contribution in [0.25, 0.3) is 0 Å². The fourth-order valence-electron chi connectivity index (χ4n) is 1.70. The molecule has 0 unspecified atom stereocenters. The van der Waals surface area contributed by atoms with Crippen LogP contribution in [0.1, 0.15) is 0 Å². The molecule has 1 heterocycles. The molecule has 0 bridgehead atoms. The first-order chi connectivity index (χ1) is 8.27. The Morgan fingerprint density at radius 2 is 2.12 bits per heavy atom. The first-order valence-electron chi connectivity index (χ1n) is 5.91. The second kappa shape index (κ2) is 5.68. The van der Waals surface area contributed by atoms with Crippen LogP contribution in [0.3, 0.4) is 0 Å². The molecular formula is C13H18N2O2. The molecule has 0 radical (unpaired) electrons. The lowest BCUT2D eigenvalue weighted by atomic mass is 10.0. The van der Waals surface area contributed by atoms with E-state index in [0.29, 0.717) is 13.2 Å². The molecule has 1 aromatic rings. The molecule has 17 heavy (non-hydrogen) atoms. The number of hydrogen-bond acceptors (Lipinski definition) is 3. The summed E-state index contributed by atoms with van der Waals surface area (Å²) in [7, 11) is 1.83. The Labute approximate surface area is 102 Å². The maximum Gasteiger partial charge on any atom is 0.228 e. The van der Waals surface area contributed by atoms with Crippen molar-refractivity contribution < 1.29 is 9.53 Å². The zero-order valence-electron chi connectivity index (χ0n) is 10.1. The van der Waals surface area contributed by atoms with Gasteiger partial charge in [-0.25, -0.2) is 0 Å². The van der Waals surface area contributed by atoms with Gasteiger partial charge in [0.2, 0.25) is 5.91 Å². The van der Waals surface area contributed by atoms with Crippen LogP contribution in [0, 0.1) is 5.92 Å². The van der Waals surface area contributed by atoms with Crippen LogP contribution >= 0.6 is 0 Å². The van der Waals surface area contributed by atoms with Gasteiger partial charge in [0.05, 0.1) is 12.5 Å². The van der Waals surface area contributed by atoms with Gasteiger partial charge in [0.15, 0.2) is 0 Å². The van der Waals surface area contributed by atoms with Crippen molar-refractivity contribution in [3.05, 3.63) is 30.3 Å². The molecule has 4 nitrogen and oxygen atoms in total. The number of hydrogen-bond donors (Lipinski definition) is 1. The number of amides is 1. The van der Waals surface area contributed by atoms with Crippen molar-refractivity contribution in [2.24, 2.45) is 5.92 Å². The second-order valence-corrected chi connectivity index (χ2v) is 4.28. The Morgan fingerprint density at radius 1 is 1.41 bits per heavy atom. The molecule has 1 aliphatic rings. The molecule has 0 atom stereocenters. The average Bonchev–Trinajstić information content (AvgIpc) is 2.28. The van der Waals surface area contributed by atoms with Crippen molar-refractivity contribution in [3.8, 4) is 5.75 Å². The molecule has 1 N–H and O–H groups in total. The number of nitrogens with zero attached hydrogens (tertiary/aromatic N) is 1. The van der Waals surface area contributed by atoms with Gasteiger partial charge in [0.25, 0.3) is 0 Å². The van der Waals surface area contributed by atoms with Crippen molar-refractivity contribution >= 4 is 5.91 Å². The smallest absolute Gasteiger partial charge is 0.228 e. The standard InChI is InChI=1S/C13H18N2O2/c1-15(13(16)11-9-14-10-11)7-8-17-12-5-3-2-4-6-12/h2-6,11,14H,7-10H2,1H3. The summed E-state index contributed by atoms with van der Waals surface area (Å²) < 4.78 is 5.55. The molecule has 1 amide bonds. The normalized spacial score (nSPS) is 15.1. The molecule has 2 rings (SSSR count). The van der Waals surface area contributed by atoms with E-state index >= 15 is 0 Å². The Kier molecular flexibility index (Phi) is 3.98. The predicted molar refractivity (Wildman–Crippen MR) is 65.9 cm³/mol. The number of para-hydroxylation sites is 1. The highest BCUT2D eigenvalue weighted by molar-refractivity contribution is 5.79. The highest BCUT2D eigenvalue weighted by Crippen LogP contribution is 2.09. The molecule has 1 aromatic carbocycles. The first-order valence-corrected chi connectivity index (χ1v) is 5.91. The number of likely N-dealkylation sites (N-methyl/N-ethyl adjacent to an activating group) is 1. The molecule has 0 aromatic heterocycles. The third-order valence-corrected chi connectivity index (χ3v) is 2.95. The highest BCUT2D eigenvalue weighted by Gasteiger charge is 2.27.